The van der Waals surface area contributed by atoms with Gasteiger partial charge in [0.05, 0.1) is 35.3 Å². The normalized spacial score (nSPS) is 16.7. The number of carbonyl (C=O) groups excluding carboxylic acids is 1. The number of aryl methyl sites for hydroxylation is 2. The van der Waals surface area contributed by atoms with E-state index < -0.39 is 0 Å². The molecule has 0 spiro atoms. The summed E-state index contributed by atoms with van der Waals surface area (Å²) in [4.78, 5) is 21.0. The molecular formula is C16H17N5O2. The third-order valence-electron chi connectivity index (χ3n) is 4.44. The molecule has 0 radical (unpaired) electrons. The van der Waals surface area contributed by atoms with Gasteiger partial charge in [-0.25, -0.2) is 9.97 Å². The molecule has 3 heterocycles. The minimum atomic E-state index is -0.126. The summed E-state index contributed by atoms with van der Waals surface area (Å²) in [5.41, 5.74) is 3.21. The smallest absolute Gasteiger partial charge is 0.251 e. The van der Waals surface area contributed by atoms with Crippen LogP contribution in [0.1, 0.15) is 34.3 Å². The first-order chi connectivity index (χ1) is 11.2. The largest absolute Gasteiger partial charge is 0.388 e. The molecule has 0 fully saturated rings. The van der Waals surface area contributed by atoms with Gasteiger partial charge < -0.3 is 19.6 Å². The molecule has 1 unspecified atom stereocenters. The SMILES string of the molecule is Cn1c(CO)nc2cc(C(=O)NC3CCn4cncc43)ccc21. The van der Waals surface area contributed by atoms with Crippen LogP contribution in [-0.2, 0) is 20.2 Å². The number of rotatable bonds is 3. The Bertz CT molecular complexity index is 895. The molecule has 1 aliphatic heterocycles. The van der Waals surface area contributed by atoms with Crippen LogP contribution in [0, 0.1) is 0 Å². The van der Waals surface area contributed by atoms with Gasteiger partial charge in [-0.1, -0.05) is 0 Å². The molecule has 0 bridgehead atoms. The van der Waals surface area contributed by atoms with Crippen LogP contribution in [0.3, 0.4) is 0 Å². The maximum atomic E-state index is 12.5. The van der Waals surface area contributed by atoms with E-state index in [9.17, 15) is 9.90 Å². The molecule has 7 nitrogen and oxygen atoms in total. The lowest BCUT2D eigenvalue weighted by Crippen LogP contribution is -2.27. The third-order valence-corrected chi connectivity index (χ3v) is 4.44. The Labute approximate surface area is 132 Å². The molecule has 4 rings (SSSR count). The third kappa shape index (κ3) is 2.20. The Balaban J connectivity index is 1.60. The number of aliphatic hydroxyl groups is 1. The average molecular weight is 311 g/mol. The minimum absolute atomic E-state index is 0.00238. The van der Waals surface area contributed by atoms with Gasteiger partial charge in [-0.15, -0.1) is 0 Å². The average Bonchev–Trinajstić information content (AvgIpc) is 3.23. The molecule has 3 aromatic rings. The maximum absolute atomic E-state index is 12.5. The van der Waals surface area contributed by atoms with Crippen LogP contribution in [0.4, 0.5) is 0 Å². The zero-order chi connectivity index (χ0) is 16.0. The van der Waals surface area contributed by atoms with Gasteiger partial charge in [-0.3, -0.25) is 4.79 Å². The molecule has 7 heteroatoms. The van der Waals surface area contributed by atoms with Crippen molar-refractivity contribution in [2.45, 2.75) is 25.6 Å². The van der Waals surface area contributed by atoms with E-state index in [0.717, 1.165) is 24.2 Å². The van der Waals surface area contributed by atoms with Gasteiger partial charge in [0.1, 0.15) is 12.4 Å². The van der Waals surface area contributed by atoms with Crippen molar-refractivity contribution >= 4 is 16.9 Å². The number of imidazole rings is 2. The van der Waals surface area contributed by atoms with E-state index >= 15 is 0 Å². The van der Waals surface area contributed by atoms with E-state index in [1.807, 2.05) is 17.7 Å². The fourth-order valence-corrected chi connectivity index (χ4v) is 3.14. The van der Waals surface area contributed by atoms with E-state index in [1.54, 1.807) is 24.7 Å². The topological polar surface area (TPSA) is 85.0 Å². The lowest BCUT2D eigenvalue weighted by Gasteiger charge is -2.12. The quantitative estimate of drug-likeness (QED) is 0.759. The monoisotopic (exact) mass is 311 g/mol. The molecule has 1 amide bonds. The van der Waals surface area contributed by atoms with Crippen molar-refractivity contribution in [1.29, 1.82) is 0 Å². The van der Waals surface area contributed by atoms with Crippen LogP contribution in [-0.4, -0.2) is 30.1 Å². The Morgan fingerprint density at radius 3 is 3.17 bits per heavy atom. The van der Waals surface area contributed by atoms with Gasteiger partial charge in [0, 0.05) is 19.2 Å². The van der Waals surface area contributed by atoms with Crippen LogP contribution in [0.15, 0.2) is 30.7 Å². The summed E-state index contributed by atoms with van der Waals surface area (Å²) >= 11 is 0. The number of hydrogen-bond acceptors (Lipinski definition) is 4. The van der Waals surface area contributed by atoms with Crippen LogP contribution >= 0.6 is 0 Å². The van der Waals surface area contributed by atoms with Crippen molar-refractivity contribution in [3.05, 3.63) is 47.8 Å². The molecule has 1 atom stereocenters. The van der Waals surface area contributed by atoms with Crippen LogP contribution in [0.5, 0.6) is 0 Å². The summed E-state index contributed by atoms with van der Waals surface area (Å²) in [6.07, 6.45) is 4.47. The van der Waals surface area contributed by atoms with Gasteiger partial charge in [0.25, 0.3) is 5.91 Å². The second kappa shape index (κ2) is 5.20. The number of benzene rings is 1. The highest BCUT2D eigenvalue weighted by Gasteiger charge is 2.24. The standard InChI is InChI=1S/C16H17N5O2/c1-20-13-3-2-10(6-12(13)18-15(20)8-22)16(23)19-11-4-5-21-9-17-7-14(11)21/h2-3,6-7,9,11,22H,4-5,8H2,1H3,(H,19,23). The van der Waals surface area contributed by atoms with Crippen molar-refractivity contribution in [1.82, 2.24) is 24.4 Å². The lowest BCUT2D eigenvalue weighted by atomic mass is 10.1. The van der Waals surface area contributed by atoms with Crippen LogP contribution in [0.25, 0.3) is 11.0 Å². The predicted octanol–water partition coefficient (Wildman–Crippen LogP) is 1.14. The molecule has 0 saturated carbocycles. The molecule has 1 aromatic carbocycles. The Morgan fingerprint density at radius 1 is 1.48 bits per heavy atom. The zero-order valence-electron chi connectivity index (χ0n) is 12.7. The fourth-order valence-electron chi connectivity index (χ4n) is 3.14. The number of amides is 1. The van der Waals surface area contributed by atoms with Crippen LogP contribution < -0.4 is 5.32 Å². The Hall–Kier alpha value is -2.67. The van der Waals surface area contributed by atoms with Crippen molar-refractivity contribution in [3.8, 4) is 0 Å². The minimum Gasteiger partial charge on any atom is -0.388 e. The number of hydrogen-bond donors (Lipinski definition) is 2. The van der Waals surface area contributed by atoms with Crippen molar-refractivity contribution in [2.24, 2.45) is 7.05 Å². The maximum Gasteiger partial charge on any atom is 0.251 e. The second-order valence-electron chi connectivity index (χ2n) is 5.78. The van der Waals surface area contributed by atoms with E-state index in [1.165, 1.54) is 0 Å². The van der Waals surface area contributed by atoms with Gasteiger partial charge in [-0.05, 0) is 24.6 Å². The van der Waals surface area contributed by atoms with E-state index in [4.69, 9.17) is 0 Å². The summed E-state index contributed by atoms with van der Waals surface area (Å²) < 4.78 is 3.88. The molecule has 1 aliphatic rings. The first kappa shape index (κ1) is 14.0. The molecule has 118 valence electrons. The second-order valence-corrected chi connectivity index (χ2v) is 5.78. The Morgan fingerprint density at radius 2 is 2.35 bits per heavy atom. The van der Waals surface area contributed by atoms with E-state index in [2.05, 4.69) is 19.9 Å². The summed E-state index contributed by atoms with van der Waals surface area (Å²) in [5.74, 6) is 0.458. The van der Waals surface area contributed by atoms with E-state index in [0.29, 0.717) is 16.9 Å². The molecule has 0 saturated heterocycles. The molecule has 2 aromatic heterocycles. The zero-order valence-corrected chi connectivity index (χ0v) is 12.7. The highest BCUT2D eigenvalue weighted by molar-refractivity contribution is 5.97. The number of aliphatic hydroxyl groups excluding tert-OH is 1. The number of carbonyl (C=O) groups is 1. The molecule has 0 aliphatic carbocycles. The predicted molar refractivity (Wildman–Crippen MR) is 83.7 cm³/mol. The van der Waals surface area contributed by atoms with Gasteiger partial charge in [0.15, 0.2) is 0 Å². The first-order valence-corrected chi connectivity index (χ1v) is 7.54. The molecule has 2 N–H and O–H groups in total. The summed E-state index contributed by atoms with van der Waals surface area (Å²) in [7, 11) is 1.85. The summed E-state index contributed by atoms with van der Waals surface area (Å²) in [6, 6.07) is 5.40. The van der Waals surface area contributed by atoms with Crippen LogP contribution in [0.2, 0.25) is 0 Å². The van der Waals surface area contributed by atoms with Gasteiger partial charge in [0.2, 0.25) is 0 Å². The lowest BCUT2D eigenvalue weighted by molar-refractivity contribution is 0.0937. The van der Waals surface area contributed by atoms with Crippen molar-refractivity contribution in [3.63, 3.8) is 0 Å². The number of nitrogens with one attached hydrogen (secondary N) is 1. The summed E-state index contributed by atoms with van der Waals surface area (Å²) in [6.45, 7) is 0.748. The van der Waals surface area contributed by atoms with Gasteiger partial charge >= 0.3 is 0 Å². The fraction of sp³-hybridized carbons (Fsp3) is 0.312. The molecular weight excluding hydrogens is 294 g/mol. The number of nitrogens with zero attached hydrogens (tertiary/aromatic N) is 4. The number of aromatic nitrogens is 4. The van der Waals surface area contributed by atoms with Crippen molar-refractivity contribution < 1.29 is 9.90 Å². The highest BCUT2D eigenvalue weighted by Crippen LogP contribution is 2.25. The van der Waals surface area contributed by atoms with E-state index in [-0.39, 0.29) is 18.6 Å². The summed E-state index contributed by atoms with van der Waals surface area (Å²) in [5, 5.41) is 12.3. The Kier molecular flexibility index (Phi) is 3.16. The van der Waals surface area contributed by atoms with Crippen molar-refractivity contribution in [2.75, 3.05) is 0 Å². The number of fused-ring (bicyclic) bond motifs is 2. The molecule has 23 heavy (non-hydrogen) atoms. The first-order valence-electron chi connectivity index (χ1n) is 7.54. The highest BCUT2D eigenvalue weighted by atomic mass is 16.3. The van der Waals surface area contributed by atoms with Gasteiger partial charge in [-0.2, -0.15) is 0 Å².